The molecular formula is C27H36F3N5O3. The first-order valence-corrected chi connectivity index (χ1v) is 13.9. The first kappa shape index (κ1) is 26.0. The number of rotatable bonds is 7. The SMILES string of the molecule is C[C@@H](CC(F)(F)F)Nc1ncc2c(OC3C[C@H]4CC[C@@H](C3)N4C3COC3)ncc(C3CCC(O)CC3)c2n1. The van der Waals surface area contributed by atoms with Gasteiger partial charge in [-0.05, 0) is 64.2 Å². The van der Waals surface area contributed by atoms with Gasteiger partial charge in [0.15, 0.2) is 0 Å². The topological polar surface area (TPSA) is 92.6 Å². The Balaban J connectivity index is 1.26. The molecule has 208 valence electrons. The van der Waals surface area contributed by atoms with Crippen LogP contribution in [0.1, 0.15) is 76.2 Å². The van der Waals surface area contributed by atoms with Gasteiger partial charge in [-0.25, -0.2) is 15.0 Å². The van der Waals surface area contributed by atoms with Gasteiger partial charge in [-0.2, -0.15) is 13.2 Å². The maximum Gasteiger partial charge on any atom is 0.391 e. The molecule has 1 unspecified atom stereocenters. The third-order valence-corrected chi connectivity index (χ3v) is 8.73. The minimum absolute atomic E-state index is 0.0423. The van der Waals surface area contributed by atoms with Crippen molar-refractivity contribution >= 4 is 16.9 Å². The molecule has 0 aromatic carbocycles. The van der Waals surface area contributed by atoms with Crippen molar-refractivity contribution in [3.63, 3.8) is 0 Å². The lowest BCUT2D eigenvalue weighted by Gasteiger charge is -2.46. The molecule has 2 aromatic rings. The molecule has 1 aliphatic carbocycles. The number of pyridine rings is 1. The second-order valence-electron chi connectivity index (χ2n) is 11.6. The van der Waals surface area contributed by atoms with Crippen LogP contribution in [0.2, 0.25) is 0 Å². The minimum atomic E-state index is -4.27. The van der Waals surface area contributed by atoms with E-state index in [9.17, 15) is 18.3 Å². The molecule has 1 saturated carbocycles. The van der Waals surface area contributed by atoms with Crippen LogP contribution in [-0.4, -0.2) is 80.7 Å². The lowest BCUT2D eigenvalue weighted by atomic mass is 9.83. The quantitative estimate of drug-likeness (QED) is 0.533. The van der Waals surface area contributed by atoms with Crippen molar-refractivity contribution in [2.45, 2.75) is 113 Å². The molecule has 0 spiro atoms. The number of aliphatic hydroxyl groups excluding tert-OH is 1. The lowest BCUT2D eigenvalue weighted by molar-refractivity contribution is -0.136. The molecular weight excluding hydrogens is 499 g/mol. The van der Waals surface area contributed by atoms with E-state index < -0.39 is 18.6 Å². The largest absolute Gasteiger partial charge is 0.474 e. The number of hydrogen-bond donors (Lipinski definition) is 2. The number of aliphatic hydroxyl groups is 1. The van der Waals surface area contributed by atoms with Crippen LogP contribution >= 0.6 is 0 Å². The number of piperidine rings is 1. The highest BCUT2D eigenvalue weighted by Gasteiger charge is 2.46. The highest BCUT2D eigenvalue weighted by Crippen LogP contribution is 2.42. The van der Waals surface area contributed by atoms with E-state index in [1.807, 2.05) is 6.20 Å². The fourth-order valence-corrected chi connectivity index (χ4v) is 6.89. The molecule has 8 nitrogen and oxygen atoms in total. The van der Waals surface area contributed by atoms with Crippen LogP contribution in [0.4, 0.5) is 19.1 Å². The predicted molar refractivity (Wildman–Crippen MR) is 135 cm³/mol. The summed E-state index contributed by atoms with van der Waals surface area (Å²) in [5.74, 6) is 0.818. The zero-order chi connectivity index (χ0) is 26.4. The third-order valence-electron chi connectivity index (χ3n) is 8.73. The molecule has 4 atom stereocenters. The van der Waals surface area contributed by atoms with E-state index >= 15 is 0 Å². The van der Waals surface area contributed by atoms with Crippen molar-refractivity contribution in [1.82, 2.24) is 19.9 Å². The number of nitrogens with zero attached hydrogens (tertiary/aromatic N) is 4. The molecule has 38 heavy (non-hydrogen) atoms. The van der Waals surface area contributed by atoms with Gasteiger partial charge in [0, 0.05) is 36.1 Å². The van der Waals surface area contributed by atoms with Crippen LogP contribution in [0.3, 0.4) is 0 Å². The Kier molecular flexibility index (Phi) is 7.11. The van der Waals surface area contributed by atoms with Crippen molar-refractivity contribution in [3.05, 3.63) is 18.0 Å². The van der Waals surface area contributed by atoms with Gasteiger partial charge >= 0.3 is 6.18 Å². The lowest BCUT2D eigenvalue weighted by Crippen LogP contribution is -2.57. The van der Waals surface area contributed by atoms with Crippen LogP contribution in [0.15, 0.2) is 12.4 Å². The van der Waals surface area contributed by atoms with Crippen LogP contribution in [-0.2, 0) is 4.74 Å². The molecule has 11 heteroatoms. The van der Waals surface area contributed by atoms with Crippen molar-refractivity contribution in [3.8, 4) is 5.88 Å². The van der Waals surface area contributed by atoms with Gasteiger partial charge in [-0.1, -0.05) is 0 Å². The van der Waals surface area contributed by atoms with E-state index in [1.54, 1.807) is 6.20 Å². The maximum absolute atomic E-state index is 12.9. The molecule has 3 saturated heterocycles. The Morgan fingerprint density at radius 1 is 1.05 bits per heavy atom. The van der Waals surface area contributed by atoms with Gasteiger partial charge in [0.25, 0.3) is 0 Å². The van der Waals surface area contributed by atoms with Gasteiger partial charge < -0.3 is 19.9 Å². The first-order valence-electron chi connectivity index (χ1n) is 13.9. The second-order valence-corrected chi connectivity index (χ2v) is 11.6. The third kappa shape index (κ3) is 5.42. The molecule has 2 aromatic heterocycles. The summed E-state index contributed by atoms with van der Waals surface area (Å²) < 4.78 is 50.6. The van der Waals surface area contributed by atoms with Gasteiger partial charge in [-0.3, -0.25) is 4.90 Å². The molecule has 3 aliphatic heterocycles. The van der Waals surface area contributed by atoms with Crippen molar-refractivity contribution in [2.24, 2.45) is 0 Å². The summed E-state index contributed by atoms with van der Waals surface area (Å²) in [4.78, 5) is 16.4. The Hall–Kier alpha value is -2.24. The Morgan fingerprint density at radius 3 is 2.39 bits per heavy atom. The molecule has 4 fully saturated rings. The smallest absolute Gasteiger partial charge is 0.391 e. The van der Waals surface area contributed by atoms with Crippen LogP contribution in [0, 0.1) is 0 Å². The zero-order valence-corrected chi connectivity index (χ0v) is 21.7. The molecule has 4 aliphatic rings. The average Bonchev–Trinajstić information content (AvgIpc) is 3.06. The summed E-state index contributed by atoms with van der Waals surface area (Å²) in [7, 11) is 0. The predicted octanol–water partition coefficient (Wildman–Crippen LogP) is 4.57. The zero-order valence-electron chi connectivity index (χ0n) is 21.7. The highest BCUT2D eigenvalue weighted by molar-refractivity contribution is 5.86. The summed E-state index contributed by atoms with van der Waals surface area (Å²) in [5, 5.41) is 13.5. The number of alkyl halides is 3. The van der Waals surface area contributed by atoms with Crippen molar-refractivity contribution in [2.75, 3.05) is 18.5 Å². The van der Waals surface area contributed by atoms with Gasteiger partial charge in [0.2, 0.25) is 11.8 Å². The summed E-state index contributed by atoms with van der Waals surface area (Å²) >= 11 is 0. The summed E-state index contributed by atoms with van der Waals surface area (Å²) in [6, 6.07) is 0.655. The standard InChI is InChI=1S/C27H36F3N5O3/c1-15(10-27(28,29)30)33-26-32-12-23-24(34-26)22(16-2-6-20(36)7-3-16)11-31-25(23)38-21-8-17-4-5-18(9-21)35(17)19-13-37-14-19/h11-12,15-21,36H,2-10,13-14H2,1H3,(H,32,33,34)/t15-,16?,17-,18+,20?,21?/m0/s1. The summed E-state index contributed by atoms with van der Waals surface area (Å²) in [5.41, 5.74) is 1.60. The Bertz CT molecular complexity index is 1120. The fraction of sp³-hybridized carbons (Fsp3) is 0.741. The monoisotopic (exact) mass is 535 g/mol. The molecule has 0 radical (unpaired) electrons. The van der Waals surface area contributed by atoms with Gasteiger partial charge in [-0.15, -0.1) is 0 Å². The molecule has 5 heterocycles. The van der Waals surface area contributed by atoms with Crippen molar-refractivity contribution < 1.29 is 27.8 Å². The van der Waals surface area contributed by atoms with E-state index in [0.29, 0.717) is 47.8 Å². The van der Waals surface area contributed by atoms with Crippen LogP contribution in [0.5, 0.6) is 5.88 Å². The fourth-order valence-electron chi connectivity index (χ4n) is 6.89. The number of anilines is 1. The Labute approximate surface area is 220 Å². The maximum atomic E-state index is 12.9. The summed E-state index contributed by atoms with van der Waals surface area (Å²) in [6.07, 6.45) is 5.20. The van der Waals surface area contributed by atoms with E-state index in [4.69, 9.17) is 19.4 Å². The number of hydrogen-bond acceptors (Lipinski definition) is 8. The first-order chi connectivity index (χ1) is 18.2. The van der Waals surface area contributed by atoms with E-state index in [2.05, 4.69) is 15.2 Å². The highest BCUT2D eigenvalue weighted by atomic mass is 19.4. The normalized spacial score (nSPS) is 31.2. The average molecular weight is 536 g/mol. The molecule has 0 amide bonds. The number of fused-ring (bicyclic) bond motifs is 3. The minimum Gasteiger partial charge on any atom is -0.474 e. The Morgan fingerprint density at radius 2 is 1.76 bits per heavy atom. The number of nitrogens with one attached hydrogen (secondary N) is 1. The van der Waals surface area contributed by atoms with Crippen LogP contribution < -0.4 is 10.1 Å². The van der Waals surface area contributed by atoms with E-state index in [-0.39, 0.29) is 24.1 Å². The molecule has 2 N–H and O–H groups in total. The van der Waals surface area contributed by atoms with Gasteiger partial charge in [0.05, 0.1) is 42.7 Å². The summed E-state index contributed by atoms with van der Waals surface area (Å²) in [6.45, 7) is 3.11. The van der Waals surface area contributed by atoms with Crippen LogP contribution in [0.25, 0.3) is 10.9 Å². The molecule has 6 rings (SSSR count). The number of ether oxygens (including phenoxy) is 2. The number of halogens is 3. The van der Waals surface area contributed by atoms with E-state index in [0.717, 1.165) is 44.5 Å². The molecule has 2 bridgehead atoms. The van der Waals surface area contributed by atoms with Crippen molar-refractivity contribution in [1.29, 1.82) is 0 Å². The number of aromatic nitrogens is 3. The van der Waals surface area contributed by atoms with Gasteiger partial charge in [0.1, 0.15) is 6.10 Å². The second kappa shape index (κ2) is 10.4. The van der Waals surface area contributed by atoms with E-state index in [1.165, 1.54) is 19.8 Å².